The highest BCUT2D eigenvalue weighted by Gasteiger charge is 2.44. The molecule has 2 saturated heterocycles. The second kappa shape index (κ2) is 11.8. The Labute approximate surface area is 227 Å². The van der Waals surface area contributed by atoms with Gasteiger partial charge in [-0.1, -0.05) is 35.9 Å². The van der Waals surface area contributed by atoms with Gasteiger partial charge in [0.1, 0.15) is 41.9 Å². The van der Waals surface area contributed by atoms with E-state index in [0.717, 1.165) is 16.9 Å². The van der Waals surface area contributed by atoms with E-state index in [4.69, 9.17) is 25.8 Å². The van der Waals surface area contributed by atoms with Gasteiger partial charge in [0.05, 0.1) is 13.2 Å². The fourth-order valence-electron chi connectivity index (χ4n) is 4.57. The van der Waals surface area contributed by atoms with Gasteiger partial charge in [-0.3, -0.25) is 0 Å². The molecule has 1 amide bonds. The van der Waals surface area contributed by atoms with E-state index >= 15 is 0 Å². The Kier molecular flexibility index (Phi) is 8.86. The molecule has 2 fully saturated rings. The highest BCUT2D eigenvalue weighted by atomic mass is 35.5. The van der Waals surface area contributed by atoms with E-state index in [-0.39, 0.29) is 12.0 Å². The predicted molar refractivity (Wildman–Crippen MR) is 140 cm³/mol. The summed E-state index contributed by atoms with van der Waals surface area (Å²) < 4.78 is 17.0. The van der Waals surface area contributed by atoms with Crippen LogP contribution in [0.25, 0.3) is 0 Å². The first-order valence-electron chi connectivity index (χ1n) is 12.7. The van der Waals surface area contributed by atoms with Crippen molar-refractivity contribution in [3.05, 3.63) is 64.2 Å². The lowest BCUT2D eigenvalue weighted by molar-refractivity contribution is -0.231. The first-order chi connectivity index (χ1) is 17.9. The van der Waals surface area contributed by atoms with Gasteiger partial charge in [-0.2, -0.15) is 0 Å². The van der Waals surface area contributed by atoms with E-state index < -0.39 is 42.7 Å². The zero-order valence-electron chi connectivity index (χ0n) is 21.8. The number of hydrogen-bond donors (Lipinski definition) is 4. The number of likely N-dealkylation sites (tertiary alicyclic amines) is 1. The zero-order valence-corrected chi connectivity index (χ0v) is 22.5. The van der Waals surface area contributed by atoms with Gasteiger partial charge in [-0.05, 0) is 62.1 Å². The van der Waals surface area contributed by atoms with Crippen molar-refractivity contribution in [2.24, 2.45) is 5.92 Å². The van der Waals surface area contributed by atoms with Crippen LogP contribution in [-0.4, -0.2) is 87.7 Å². The van der Waals surface area contributed by atoms with Crippen LogP contribution in [0.4, 0.5) is 4.79 Å². The topological polar surface area (TPSA) is 129 Å². The van der Waals surface area contributed by atoms with Crippen molar-refractivity contribution < 1.29 is 39.4 Å². The molecule has 5 atom stereocenters. The number of carbonyl (C=O) groups excluding carboxylic acids is 1. The lowest BCUT2D eigenvalue weighted by atomic mass is 9.90. The molecule has 0 radical (unpaired) electrons. The lowest BCUT2D eigenvalue weighted by Crippen LogP contribution is -2.55. The number of amides is 1. The third kappa shape index (κ3) is 6.77. The Morgan fingerprint density at radius 2 is 1.74 bits per heavy atom. The molecule has 2 aliphatic heterocycles. The molecule has 208 valence electrons. The van der Waals surface area contributed by atoms with Crippen LogP contribution in [0.15, 0.2) is 42.5 Å². The first-order valence-corrected chi connectivity index (χ1v) is 13.1. The van der Waals surface area contributed by atoms with E-state index in [0.29, 0.717) is 36.7 Å². The minimum absolute atomic E-state index is 0.256. The molecule has 10 heteroatoms. The van der Waals surface area contributed by atoms with Gasteiger partial charge in [0.25, 0.3) is 0 Å². The fourth-order valence-corrected chi connectivity index (χ4v) is 4.76. The van der Waals surface area contributed by atoms with E-state index in [1.165, 1.54) is 0 Å². The molecule has 2 aromatic rings. The van der Waals surface area contributed by atoms with E-state index in [9.17, 15) is 25.2 Å². The number of rotatable bonds is 7. The van der Waals surface area contributed by atoms with Gasteiger partial charge < -0.3 is 39.5 Å². The summed E-state index contributed by atoms with van der Waals surface area (Å²) in [4.78, 5) is 13.7. The molecule has 0 aromatic heterocycles. The van der Waals surface area contributed by atoms with E-state index in [2.05, 4.69) is 0 Å². The normalized spacial score (nSPS) is 26.1. The van der Waals surface area contributed by atoms with Crippen LogP contribution in [0.5, 0.6) is 5.75 Å². The van der Waals surface area contributed by atoms with Crippen LogP contribution in [0.2, 0.25) is 5.02 Å². The summed E-state index contributed by atoms with van der Waals surface area (Å²) in [5.41, 5.74) is 1.87. The molecule has 9 nitrogen and oxygen atoms in total. The standard InChI is InChI=1S/C28H36ClNO8/c1-28(2,3)38-27(35)30-12-17(13-30)15-36-20-7-4-16(5-8-20)10-19-11-18(6-9-21(19)29)26-25(34)24(33)23(32)22(14-31)37-26/h4-9,11,17,22-26,31-34H,10,12-15H2,1-3H3/t22?,23-,24?,25-,26+/m1/s1. The minimum Gasteiger partial charge on any atom is -0.493 e. The number of halogens is 1. The second-order valence-corrected chi connectivity index (χ2v) is 11.4. The minimum atomic E-state index is -1.45. The Balaban J connectivity index is 1.32. The number of ether oxygens (including phenoxy) is 3. The van der Waals surface area contributed by atoms with Crippen molar-refractivity contribution in [3.8, 4) is 5.75 Å². The second-order valence-electron chi connectivity index (χ2n) is 11.0. The van der Waals surface area contributed by atoms with Crippen molar-refractivity contribution in [1.82, 2.24) is 4.90 Å². The predicted octanol–water partition coefficient (Wildman–Crippen LogP) is 2.69. The molecule has 2 heterocycles. The smallest absolute Gasteiger partial charge is 0.410 e. The number of nitrogens with zero attached hydrogens (tertiary/aromatic N) is 1. The number of benzene rings is 2. The molecule has 4 N–H and O–H groups in total. The molecule has 0 spiro atoms. The van der Waals surface area contributed by atoms with Crippen LogP contribution in [0.1, 0.15) is 43.6 Å². The van der Waals surface area contributed by atoms with Gasteiger partial charge in [-0.25, -0.2) is 4.79 Å². The van der Waals surface area contributed by atoms with Crippen LogP contribution in [0, 0.1) is 5.92 Å². The summed E-state index contributed by atoms with van der Waals surface area (Å²) >= 11 is 6.44. The number of hydrogen-bond acceptors (Lipinski definition) is 8. The number of aliphatic hydroxyl groups excluding tert-OH is 4. The fraction of sp³-hybridized carbons (Fsp3) is 0.536. The summed E-state index contributed by atoms with van der Waals surface area (Å²) in [5, 5.41) is 40.7. The third-order valence-corrected chi connectivity index (χ3v) is 7.07. The third-order valence-electron chi connectivity index (χ3n) is 6.70. The molecule has 38 heavy (non-hydrogen) atoms. The van der Waals surface area contributed by atoms with Crippen LogP contribution in [-0.2, 0) is 15.9 Å². The van der Waals surface area contributed by atoms with Crippen LogP contribution in [0.3, 0.4) is 0 Å². The molecule has 2 unspecified atom stereocenters. The summed E-state index contributed by atoms with van der Waals surface area (Å²) in [7, 11) is 0. The number of aliphatic hydroxyl groups is 4. The molecule has 4 rings (SSSR count). The molecule has 0 bridgehead atoms. The Morgan fingerprint density at radius 3 is 2.37 bits per heavy atom. The van der Waals surface area contributed by atoms with Gasteiger partial charge in [0.2, 0.25) is 0 Å². The summed E-state index contributed by atoms with van der Waals surface area (Å²) in [6.07, 6.45) is -5.90. The van der Waals surface area contributed by atoms with Crippen LogP contribution < -0.4 is 4.74 Å². The SMILES string of the molecule is CC(C)(C)OC(=O)N1CC(COc2ccc(Cc3cc([C@@H]4OC(CO)[C@@H](O)C(O)[C@H]4O)ccc3Cl)cc2)C1. The molecule has 2 aromatic carbocycles. The van der Waals surface area contributed by atoms with Gasteiger partial charge in [0, 0.05) is 24.0 Å². The summed E-state index contributed by atoms with van der Waals surface area (Å²) in [6, 6.07) is 12.8. The van der Waals surface area contributed by atoms with Gasteiger partial charge in [0.15, 0.2) is 0 Å². The van der Waals surface area contributed by atoms with E-state index in [1.54, 1.807) is 23.1 Å². The Bertz CT molecular complexity index is 1100. The maximum Gasteiger partial charge on any atom is 0.410 e. The molecule has 0 saturated carbocycles. The quantitative estimate of drug-likeness (QED) is 0.415. The van der Waals surface area contributed by atoms with Crippen molar-refractivity contribution in [2.45, 2.75) is 63.3 Å². The van der Waals surface area contributed by atoms with Crippen molar-refractivity contribution in [1.29, 1.82) is 0 Å². The van der Waals surface area contributed by atoms with E-state index in [1.807, 2.05) is 45.0 Å². The summed E-state index contributed by atoms with van der Waals surface area (Å²) in [6.45, 7) is 6.77. The lowest BCUT2D eigenvalue weighted by Gasteiger charge is -2.40. The maximum atomic E-state index is 12.1. The highest BCUT2D eigenvalue weighted by molar-refractivity contribution is 6.31. The highest BCUT2D eigenvalue weighted by Crippen LogP contribution is 2.34. The zero-order chi connectivity index (χ0) is 27.6. The maximum absolute atomic E-state index is 12.1. The van der Waals surface area contributed by atoms with Crippen LogP contribution >= 0.6 is 11.6 Å². The average Bonchev–Trinajstić information content (AvgIpc) is 2.83. The molecule has 2 aliphatic rings. The molecule has 0 aliphatic carbocycles. The van der Waals surface area contributed by atoms with Crippen molar-refractivity contribution in [2.75, 3.05) is 26.3 Å². The molecular formula is C28H36ClNO8. The number of carbonyl (C=O) groups is 1. The first kappa shape index (κ1) is 28.6. The summed E-state index contributed by atoms with van der Waals surface area (Å²) in [5.74, 6) is 0.983. The van der Waals surface area contributed by atoms with Gasteiger partial charge in [-0.15, -0.1) is 0 Å². The largest absolute Gasteiger partial charge is 0.493 e. The Hall–Kier alpha value is -2.40. The van der Waals surface area contributed by atoms with Crippen molar-refractivity contribution >= 4 is 17.7 Å². The van der Waals surface area contributed by atoms with Crippen molar-refractivity contribution in [3.63, 3.8) is 0 Å². The van der Waals surface area contributed by atoms with Gasteiger partial charge >= 0.3 is 6.09 Å². The monoisotopic (exact) mass is 549 g/mol. The average molecular weight is 550 g/mol. The Morgan fingerprint density at radius 1 is 1.05 bits per heavy atom. The molecular weight excluding hydrogens is 514 g/mol.